The van der Waals surface area contributed by atoms with Gasteiger partial charge in [-0.2, -0.15) is 0 Å². The minimum absolute atomic E-state index is 0. The van der Waals surface area contributed by atoms with Gasteiger partial charge in [0.15, 0.2) is 0 Å². The van der Waals surface area contributed by atoms with Crippen LogP contribution < -0.4 is 113 Å². The summed E-state index contributed by atoms with van der Waals surface area (Å²) in [5.74, 6) is -1.12. The molecule has 3 aromatic carbocycles. The van der Waals surface area contributed by atoms with Crippen LogP contribution in [-0.2, 0) is 64.3 Å². The molecule has 0 radical (unpaired) electrons. The Morgan fingerprint density at radius 3 is 1.35 bits per heavy atom. The first-order valence-corrected chi connectivity index (χ1v) is 28.4. The largest absolute Gasteiger partial charge is 1.00 e. The van der Waals surface area contributed by atoms with Crippen molar-refractivity contribution in [1.29, 1.82) is 0 Å². The fraction of sp³-hybridized carbons (Fsp3) is 0.379. The molecule has 3 aromatic heterocycles. The smallest absolute Gasteiger partial charge is 1.00 e. The van der Waals surface area contributed by atoms with E-state index < -0.39 is 31.8 Å². The van der Waals surface area contributed by atoms with Crippen LogP contribution in [0.4, 0.5) is 0 Å². The molecule has 10 rings (SSSR count). The number of methoxy groups -OCH3 is 1. The number of hydrogen-bond donors (Lipinski definition) is 4. The third kappa shape index (κ3) is 21.3. The van der Waals surface area contributed by atoms with E-state index >= 15 is 0 Å². The zero-order chi connectivity index (χ0) is 60.7. The van der Waals surface area contributed by atoms with Crippen molar-refractivity contribution >= 4 is 97.8 Å². The summed E-state index contributed by atoms with van der Waals surface area (Å²) in [4.78, 5) is 46.1. The van der Waals surface area contributed by atoms with Crippen LogP contribution in [0.1, 0.15) is 73.5 Å². The molecular formula is C58H66BBr2Cl2K2N3O15S. The summed E-state index contributed by atoms with van der Waals surface area (Å²) in [6, 6.07) is 28.3. The van der Waals surface area contributed by atoms with E-state index in [0.717, 1.165) is 53.8 Å². The fourth-order valence-electron chi connectivity index (χ4n) is 7.43. The van der Waals surface area contributed by atoms with Gasteiger partial charge < -0.3 is 60.3 Å². The van der Waals surface area contributed by atoms with Gasteiger partial charge in [-0.3, -0.25) is 29.3 Å². The van der Waals surface area contributed by atoms with Crippen molar-refractivity contribution in [2.75, 3.05) is 46.8 Å². The maximum Gasteiger partial charge on any atom is 1.00 e. The maximum absolute atomic E-state index is 11.4. The van der Waals surface area contributed by atoms with Gasteiger partial charge in [0.25, 0.3) is 6.47 Å². The molecule has 442 valence electrons. The first-order chi connectivity index (χ1) is 38.4. The minimum atomic E-state index is -0.936. The summed E-state index contributed by atoms with van der Waals surface area (Å²) in [6.45, 7) is 16.9. The van der Waals surface area contributed by atoms with Crippen LogP contribution in [0.3, 0.4) is 0 Å². The number of aromatic nitrogens is 3. The molecule has 4 aliphatic heterocycles. The predicted molar refractivity (Wildman–Crippen MR) is 318 cm³/mol. The fourth-order valence-corrected chi connectivity index (χ4v) is 9.21. The van der Waals surface area contributed by atoms with Crippen LogP contribution in [0.25, 0.3) is 22.3 Å². The zero-order valence-corrected chi connectivity index (χ0v) is 60.3. The van der Waals surface area contributed by atoms with Crippen LogP contribution >= 0.6 is 66.8 Å². The van der Waals surface area contributed by atoms with Crippen molar-refractivity contribution < 1.29 is 177 Å². The third-order valence-electron chi connectivity index (χ3n) is 13.3. The molecule has 84 heavy (non-hydrogen) atoms. The van der Waals surface area contributed by atoms with E-state index in [1.54, 1.807) is 77.0 Å². The Kier molecular flexibility index (Phi) is 31.0. The number of benzene rings is 3. The van der Waals surface area contributed by atoms with Gasteiger partial charge in [0.05, 0.1) is 72.5 Å². The van der Waals surface area contributed by atoms with E-state index in [-0.39, 0.29) is 135 Å². The van der Waals surface area contributed by atoms with Gasteiger partial charge >= 0.3 is 122 Å². The van der Waals surface area contributed by atoms with Crippen LogP contribution in [0.15, 0.2) is 138 Å². The van der Waals surface area contributed by atoms with E-state index in [9.17, 15) is 30.0 Å². The number of nitrogens with zero attached hydrogens (tertiary/aromatic N) is 3. The number of aliphatic hydroxyl groups is 3. The summed E-state index contributed by atoms with van der Waals surface area (Å²) in [5, 5.41) is 49.8. The number of alkyl halides is 1. The minimum Gasteiger partial charge on any atom is -1.00 e. The van der Waals surface area contributed by atoms with E-state index in [1.807, 2.05) is 107 Å². The Bertz CT molecular complexity index is 3040. The number of ether oxygens (including phenoxy) is 4. The molecule has 0 unspecified atom stereocenters. The second-order valence-corrected chi connectivity index (χ2v) is 26.3. The number of thioether (sulfide) groups is 1. The predicted octanol–water partition coefficient (Wildman–Crippen LogP) is 3.13. The van der Waals surface area contributed by atoms with Gasteiger partial charge in [0.2, 0.25) is 0 Å². The number of carboxylic acids is 1. The van der Waals surface area contributed by atoms with E-state index in [4.69, 9.17) is 56.8 Å². The van der Waals surface area contributed by atoms with Crippen LogP contribution in [0, 0.1) is 0 Å². The van der Waals surface area contributed by atoms with E-state index in [2.05, 4.69) is 56.4 Å². The third-order valence-corrected chi connectivity index (χ3v) is 16.5. The molecule has 7 heterocycles. The summed E-state index contributed by atoms with van der Waals surface area (Å²) >= 11 is 19.4. The number of aliphatic carboxylic acids is 1. The average molecular weight is 1400 g/mol. The Morgan fingerprint density at radius 2 is 1.04 bits per heavy atom. The Labute approximate surface area is 607 Å². The summed E-state index contributed by atoms with van der Waals surface area (Å²) in [7, 11) is 1.01. The molecule has 0 atom stereocenters. The molecule has 4 N–H and O–H groups in total. The topological polar surface area (TPSA) is 258 Å². The molecule has 0 spiro atoms. The maximum atomic E-state index is 11.4. The summed E-state index contributed by atoms with van der Waals surface area (Å²) < 4.78 is 31.0. The molecule has 18 nitrogen and oxygen atoms in total. The standard InChI is InChI=1S/C18H19NO4S.C15H21BO4.C14H12ClNO2.C5H3BrClN.C5H9BrO2.CH2O3.2K.H/c1-17(2,16(20)21)24-15-7-8-19-9-14(15)12-3-5-13(6-4-12)18(22)10-23-11-18;1-13(2)14(3,4)20-16(19-13)12-7-5-11(6-8-12)15(17)9-18-10-15;15-13-5-6-16-7-12(13)10-1-3-11(4-2-10)14(17)8-18-9-14;6-4-3-8-2-1-5(4)7;1-5(2,6)4(7)8-3;2-1-4-3;;;/h3-9,22H,10-11H2,1-2H3,(H,20,21);5-8,17H,9-10H2,1-4H3;1-7,17H,8-9H2;1-3H;1-3H3;1,3H;;;/q;;;;;;2*+1;-1/p-1. The molecule has 0 amide bonds. The first kappa shape index (κ1) is 76.6. The molecule has 4 fully saturated rings. The van der Waals surface area contributed by atoms with Gasteiger partial charge in [-0.05, 0) is 123 Å². The summed E-state index contributed by atoms with van der Waals surface area (Å²) in [5.41, 5.74) is 4.01. The van der Waals surface area contributed by atoms with Gasteiger partial charge in [-0.25, -0.2) is 0 Å². The van der Waals surface area contributed by atoms with Gasteiger partial charge in [-0.15, -0.1) is 11.8 Å². The number of carbonyl (C=O) groups excluding carboxylic acids is 2. The number of esters is 1. The van der Waals surface area contributed by atoms with Crippen molar-refractivity contribution in [3.05, 3.63) is 159 Å². The SMILES string of the molecule is CC(C)(Sc1ccncc1-c1ccc(C2(O)COC2)cc1)C(=O)O.CC1(C)OB(c2ccc(C3(O)COC3)cc2)OC1(C)C.COC(=O)C(C)(C)Br.Clc1ccncc1Br.O=CO[O-].OC1(c2ccc(-c3cnccc3Cl)cc2)COC1.[H-].[K+].[K+]. The van der Waals surface area contributed by atoms with Gasteiger partial charge in [-0.1, -0.05) is 112 Å². The van der Waals surface area contributed by atoms with Gasteiger partial charge in [0, 0.05) is 53.2 Å². The molecule has 26 heteroatoms. The number of halogens is 4. The molecule has 0 bridgehead atoms. The van der Waals surface area contributed by atoms with Crippen molar-refractivity contribution in [2.24, 2.45) is 0 Å². The molecule has 4 saturated heterocycles. The second kappa shape index (κ2) is 34.0. The second-order valence-electron chi connectivity index (χ2n) is 21.0. The van der Waals surface area contributed by atoms with Crippen molar-refractivity contribution in [3.8, 4) is 22.3 Å². The number of hydrogen-bond acceptors (Lipinski definition) is 18. The molecular weight excluding hydrogens is 1330 g/mol. The number of pyridine rings is 3. The van der Waals surface area contributed by atoms with Crippen LogP contribution in [0.5, 0.6) is 0 Å². The van der Waals surface area contributed by atoms with E-state index in [0.29, 0.717) is 49.7 Å². The molecule has 4 aliphatic rings. The summed E-state index contributed by atoms with van der Waals surface area (Å²) in [6.07, 6.45) is 10.1. The number of carbonyl (C=O) groups is 3. The van der Waals surface area contributed by atoms with Crippen LogP contribution in [0.2, 0.25) is 10.0 Å². The van der Waals surface area contributed by atoms with Crippen molar-refractivity contribution in [2.45, 2.75) is 97.4 Å². The monoisotopic (exact) mass is 1390 g/mol. The first-order valence-electron chi connectivity index (χ1n) is 25.2. The Hall–Kier alpha value is -1.61. The molecule has 0 saturated carbocycles. The van der Waals surface area contributed by atoms with Crippen molar-refractivity contribution in [1.82, 2.24) is 15.0 Å². The zero-order valence-electron chi connectivity index (χ0n) is 49.6. The number of rotatable bonds is 11. The normalized spacial score (nSPS) is 16.8. The molecule has 6 aromatic rings. The Balaban J connectivity index is 0.000000371. The van der Waals surface area contributed by atoms with Crippen molar-refractivity contribution in [3.63, 3.8) is 0 Å². The number of carboxylic acid groups (broad SMARTS) is 1. The van der Waals surface area contributed by atoms with E-state index in [1.165, 1.54) is 18.9 Å². The van der Waals surface area contributed by atoms with Crippen LogP contribution in [-0.4, -0.2) is 128 Å². The van der Waals surface area contributed by atoms with Gasteiger partial charge in [0.1, 0.15) is 25.9 Å². The average Bonchev–Trinajstić information content (AvgIpc) is 3.26. The Morgan fingerprint density at radius 1 is 0.667 bits per heavy atom. The molecule has 0 aliphatic carbocycles. The quantitative estimate of drug-likeness (QED) is 0.0276.